The number of nitrogens with zero attached hydrogens (tertiary/aromatic N) is 2. The topological polar surface area (TPSA) is 87.5 Å². The van der Waals surface area contributed by atoms with Crippen LogP contribution in [0.3, 0.4) is 0 Å². The highest BCUT2D eigenvalue weighted by atomic mass is 19.4. The molecule has 0 aliphatic carbocycles. The fraction of sp³-hybridized carbons (Fsp3) is 0.188. The lowest BCUT2D eigenvalue weighted by atomic mass is 10.1. The maximum absolute atomic E-state index is 13.4. The van der Waals surface area contributed by atoms with E-state index >= 15 is 0 Å². The third kappa shape index (κ3) is 2.88. The van der Waals surface area contributed by atoms with Crippen LogP contribution in [0.4, 0.5) is 13.2 Å². The Labute approximate surface area is 138 Å². The number of aromatic nitrogens is 3. The van der Waals surface area contributed by atoms with Gasteiger partial charge in [-0.05, 0) is 12.5 Å². The van der Waals surface area contributed by atoms with E-state index in [9.17, 15) is 22.8 Å². The Kier molecular flexibility index (Phi) is 3.86. The number of hydrogen-bond donors (Lipinski definition) is 2. The molecule has 3 rings (SSSR count). The predicted octanol–water partition coefficient (Wildman–Crippen LogP) is 2.64. The molecular weight excluding hydrogens is 339 g/mol. The first kappa shape index (κ1) is 16.7. The summed E-state index contributed by atoms with van der Waals surface area (Å²) in [6.45, 7) is 1.44. The molecule has 0 atom stereocenters. The fourth-order valence-electron chi connectivity index (χ4n) is 2.66. The van der Waals surface area contributed by atoms with Gasteiger partial charge in [0.2, 0.25) is 0 Å². The Morgan fingerprint density at radius 2 is 1.92 bits per heavy atom. The molecule has 0 spiro atoms. The summed E-state index contributed by atoms with van der Waals surface area (Å²) in [4.78, 5) is 26.1. The van der Waals surface area contributed by atoms with Crippen molar-refractivity contribution in [3.63, 3.8) is 0 Å². The van der Waals surface area contributed by atoms with Gasteiger partial charge in [0.1, 0.15) is 5.65 Å². The molecule has 0 aliphatic rings. The number of halogens is 3. The van der Waals surface area contributed by atoms with Gasteiger partial charge in [-0.3, -0.25) is 9.59 Å². The van der Waals surface area contributed by atoms with Crippen LogP contribution in [-0.4, -0.2) is 25.7 Å². The number of aryl methyl sites for hydroxylation is 1. The molecular formula is C16H12F3N3O3. The highest BCUT2D eigenvalue weighted by Crippen LogP contribution is 2.38. The van der Waals surface area contributed by atoms with Crippen molar-refractivity contribution >= 4 is 11.6 Å². The lowest BCUT2D eigenvalue weighted by Gasteiger charge is -2.07. The predicted molar refractivity (Wildman–Crippen MR) is 82.3 cm³/mol. The lowest BCUT2D eigenvalue weighted by molar-refractivity contribution is -0.141. The van der Waals surface area contributed by atoms with Crippen molar-refractivity contribution in [3.8, 4) is 11.1 Å². The molecule has 0 amide bonds. The van der Waals surface area contributed by atoms with Crippen LogP contribution in [0.2, 0.25) is 0 Å². The number of fused-ring (bicyclic) bond motifs is 1. The van der Waals surface area contributed by atoms with Gasteiger partial charge in [-0.1, -0.05) is 30.3 Å². The number of alkyl halides is 3. The van der Waals surface area contributed by atoms with Gasteiger partial charge in [-0.25, -0.2) is 0 Å². The van der Waals surface area contributed by atoms with E-state index in [1.54, 1.807) is 18.2 Å². The van der Waals surface area contributed by atoms with Gasteiger partial charge in [0.15, 0.2) is 5.69 Å². The molecule has 2 heterocycles. The van der Waals surface area contributed by atoms with E-state index in [0.29, 0.717) is 4.52 Å². The number of aromatic amines is 1. The number of nitrogens with one attached hydrogen (secondary N) is 1. The second kappa shape index (κ2) is 5.76. The standard InChI is InChI=1S/C16H12F3N3O3/c1-8-10(7-11(23)24)15(25)22-14(20-8)12(9-5-3-2-4-6-9)13(21-22)16(17,18)19/h2-6,20H,7H2,1H3,(H,23,24). The Morgan fingerprint density at radius 3 is 2.48 bits per heavy atom. The minimum atomic E-state index is -4.78. The van der Waals surface area contributed by atoms with E-state index in [-0.39, 0.29) is 28.0 Å². The minimum absolute atomic E-state index is 0.129. The molecule has 0 aliphatic heterocycles. The normalized spacial score (nSPS) is 11.8. The minimum Gasteiger partial charge on any atom is -0.481 e. The molecule has 2 aromatic heterocycles. The van der Waals surface area contributed by atoms with Crippen LogP contribution in [0.15, 0.2) is 35.1 Å². The summed E-state index contributed by atoms with van der Waals surface area (Å²) in [5, 5.41) is 12.3. The van der Waals surface area contributed by atoms with Gasteiger partial charge in [-0.15, -0.1) is 0 Å². The summed E-state index contributed by atoms with van der Waals surface area (Å²) in [5.74, 6) is -1.26. The summed E-state index contributed by atoms with van der Waals surface area (Å²) in [6.07, 6.45) is -5.39. The molecule has 1 aromatic carbocycles. The second-order valence-corrected chi connectivity index (χ2v) is 5.45. The molecule has 3 aromatic rings. The highest BCUT2D eigenvalue weighted by molar-refractivity contribution is 5.80. The fourth-order valence-corrected chi connectivity index (χ4v) is 2.66. The summed E-state index contributed by atoms with van der Waals surface area (Å²) in [7, 11) is 0. The van der Waals surface area contributed by atoms with E-state index < -0.39 is 29.8 Å². The number of benzene rings is 1. The number of rotatable bonds is 3. The first-order valence-electron chi connectivity index (χ1n) is 7.19. The van der Waals surface area contributed by atoms with E-state index in [1.807, 2.05) is 0 Å². The molecule has 9 heteroatoms. The lowest BCUT2D eigenvalue weighted by Crippen LogP contribution is -2.24. The average Bonchev–Trinajstić information content (AvgIpc) is 2.91. The van der Waals surface area contributed by atoms with E-state index in [0.717, 1.165) is 0 Å². The SMILES string of the molecule is Cc1[nH]c2c(-c3ccccc3)c(C(F)(F)F)nn2c(=O)c1CC(=O)O. The summed E-state index contributed by atoms with van der Waals surface area (Å²) >= 11 is 0. The number of carboxylic acid groups (broad SMARTS) is 1. The zero-order valence-electron chi connectivity index (χ0n) is 12.9. The maximum atomic E-state index is 13.4. The van der Waals surface area contributed by atoms with Gasteiger partial charge in [0.25, 0.3) is 5.56 Å². The van der Waals surface area contributed by atoms with Crippen LogP contribution >= 0.6 is 0 Å². The van der Waals surface area contributed by atoms with Crippen molar-refractivity contribution < 1.29 is 23.1 Å². The second-order valence-electron chi connectivity index (χ2n) is 5.45. The molecule has 25 heavy (non-hydrogen) atoms. The zero-order chi connectivity index (χ0) is 18.4. The zero-order valence-corrected chi connectivity index (χ0v) is 12.9. The van der Waals surface area contributed by atoms with Crippen LogP contribution in [0, 0.1) is 6.92 Å². The number of carboxylic acids is 1. The molecule has 0 fully saturated rings. The van der Waals surface area contributed by atoms with Crippen LogP contribution < -0.4 is 5.56 Å². The molecule has 0 saturated heterocycles. The Bertz CT molecular complexity index is 1020. The van der Waals surface area contributed by atoms with Crippen LogP contribution in [0.5, 0.6) is 0 Å². The molecule has 6 nitrogen and oxygen atoms in total. The van der Waals surface area contributed by atoms with Gasteiger partial charge < -0.3 is 10.1 Å². The van der Waals surface area contributed by atoms with Gasteiger partial charge in [-0.2, -0.15) is 22.8 Å². The van der Waals surface area contributed by atoms with Gasteiger partial charge >= 0.3 is 12.1 Å². The quantitative estimate of drug-likeness (QED) is 0.759. The Hall–Kier alpha value is -3.10. The largest absolute Gasteiger partial charge is 0.481 e. The van der Waals surface area contributed by atoms with Crippen molar-refractivity contribution in [2.45, 2.75) is 19.5 Å². The third-order valence-electron chi connectivity index (χ3n) is 3.75. The number of hydrogen-bond acceptors (Lipinski definition) is 3. The van der Waals surface area contributed by atoms with E-state index in [4.69, 9.17) is 5.11 Å². The van der Waals surface area contributed by atoms with Crippen LogP contribution in [0.25, 0.3) is 16.8 Å². The third-order valence-corrected chi connectivity index (χ3v) is 3.75. The smallest absolute Gasteiger partial charge is 0.435 e. The number of H-pyrrole nitrogens is 1. The molecule has 130 valence electrons. The first-order chi connectivity index (χ1) is 11.7. The molecule has 2 N–H and O–H groups in total. The number of aliphatic carboxylic acids is 1. The Balaban J connectivity index is 2.42. The van der Waals surface area contributed by atoms with Crippen molar-refractivity contribution in [2.75, 3.05) is 0 Å². The molecule has 0 saturated carbocycles. The van der Waals surface area contributed by atoms with Gasteiger partial charge in [0.05, 0.1) is 12.0 Å². The van der Waals surface area contributed by atoms with E-state index in [2.05, 4.69) is 10.1 Å². The summed E-state index contributed by atoms with van der Waals surface area (Å²) in [5.41, 5.74) is -2.20. The monoisotopic (exact) mass is 351 g/mol. The molecule has 0 radical (unpaired) electrons. The van der Waals surface area contributed by atoms with Crippen molar-refractivity contribution in [2.24, 2.45) is 0 Å². The van der Waals surface area contributed by atoms with Crippen molar-refractivity contribution in [1.82, 2.24) is 14.6 Å². The van der Waals surface area contributed by atoms with Crippen molar-refractivity contribution in [3.05, 3.63) is 57.6 Å². The highest BCUT2D eigenvalue weighted by Gasteiger charge is 2.39. The molecule has 0 bridgehead atoms. The van der Waals surface area contributed by atoms with Crippen LogP contribution in [-0.2, 0) is 17.4 Å². The Morgan fingerprint density at radius 1 is 1.28 bits per heavy atom. The van der Waals surface area contributed by atoms with Gasteiger partial charge in [0, 0.05) is 11.3 Å². The first-order valence-corrected chi connectivity index (χ1v) is 7.19. The van der Waals surface area contributed by atoms with Crippen LogP contribution in [0.1, 0.15) is 17.0 Å². The van der Waals surface area contributed by atoms with Crippen molar-refractivity contribution in [1.29, 1.82) is 0 Å². The van der Waals surface area contributed by atoms with E-state index in [1.165, 1.54) is 19.1 Å². The average molecular weight is 351 g/mol. The molecule has 0 unspecified atom stereocenters. The summed E-state index contributed by atoms with van der Waals surface area (Å²) < 4.78 is 40.9. The maximum Gasteiger partial charge on any atom is 0.435 e. The number of carbonyl (C=O) groups is 1. The summed E-state index contributed by atoms with van der Waals surface area (Å²) in [6, 6.07) is 7.75.